The molecule has 0 radical (unpaired) electrons. The minimum Gasteiger partial charge on any atom is -0.381 e. The van der Waals surface area contributed by atoms with E-state index in [1.54, 1.807) is 0 Å². The summed E-state index contributed by atoms with van der Waals surface area (Å²) >= 11 is 3.42. The SMILES string of the molecule is Brc1ccc(COCC2CCOCC2)cc1. The lowest BCUT2D eigenvalue weighted by molar-refractivity contribution is 0.0157. The van der Waals surface area contributed by atoms with Crippen molar-refractivity contribution in [2.24, 2.45) is 5.92 Å². The fourth-order valence-electron chi connectivity index (χ4n) is 1.84. The van der Waals surface area contributed by atoms with E-state index in [0.29, 0.717) is 12.5 Å². The Hall–Kier alpha value is -0.380. The van der Waals surface area contributed by atoms with E-state index in [9.17, 15) is 0 Å². The second kappa shape index (κ2) is 6.38. The van der Waals surface area contributed by atoms with Gasteiger partial charge in [0.1, 0.15) is 0 Å². The Morgan fingerprint density at radius 2 is 1.88 bits per heavy atom. The number of halogens is 1. The monoisotopic (exact) mass is 284 g/mol. The van der Waals surface area contributed by atoms with Gasteiger partial charge >= 0.3 is 0 Å². The maximum atomic E-state index is 5.73. The zero-order chi connectivity index (χ0) is 11.2. The second-order valence-electron chi connectivity index (χ2n) is 4.20. The maximum absolute atomic E-state index is 5.73. The van der Waals surface area contributed by atoms with Crippen LogP contribution in [0.2, 0.25) is 0 Å². The molecule has 1 aromatic carbocycles. The molecule has 88 valence electrons. The van der Waals surface area contributed by atoms with E-state index < -0.39 is 0 Å². The highest BCUT2D eigenvalue weighted by Crippen LogP contribution is 2.16. The molecule has 16 heavy (non-hydrogen) atoms. The van der Waals surface area contributed by atoms with Crippen molar-refractivity contribution in [1.29, 1.82) is 0 Å². The van der Waals surface area contributed by atoms with Crippen LogP contribution in [0.1, 0.15) is 18.4 Å². The molecule has 1 aromatic rings. The van der Waals surface area contributed by atoms with E-state index in [-0.39, 0.29) is 0 Å². The summed E-state index contributed by atoms with van der Waals surface area (Å²) in [5.41, 5.74) is 1.23. The zero-order valence-electron chi connectivity index (χ0n) is 9.32. The van der Waals surface area contributed by atoms with Gasteiger partial charge in [-0.2, -0.15) is 0 Å². The van der Waals surface area contributed by atoms with E-state index in [1.165, 1.54) is 5.56 Å². The molecule has 1 aliphatic heterocycles. The van der Waals surface area contributed by atoms with Crippen LogP contribution in [0.25, 0.3) is 0 Å². The topological polar surface area (TPSA) is 18.5 Å². The Bertz CT molecular complexity index is 304. The van der Waals surface area contributed by atoms with Crippen LogP contribution in [0.3, 0.4) is 0 Å². The normalized spacial score (nSPS) is 17.6. The van der Waals surface area contributed by atoms with Crippen molar-refractivity contribution >= 4 is 15.9 Å². The molecule has 2 rings (SSSR count). The molecule has 2 nitrogen and oxygen atoms in total. The average Bonchev–Trinajstić information content (AvgIpc) is 2.33. The average molecular weight is 285 g/mol. The zero-order valence-corrected chi connectivity index (χ0v) is 10.9. The first-order valence-electron chi connectivity index (χ1n) is 5.74. The summed E-state index contributed by atoms with van der Waals surface area (Å²) in [6, 6.07) is 8.28. The predicted molar refractivity (Wildman–Crippen MR) is 67.3 cm³/mol. The smallest absolute Gasteiger partial charge is 0.0717 e. The van der Waals surface area contributed by atoms with E-state index in [2.05, 4.69) is 28.1 Å². The summed E-state index contributed by atoms with van der Waals surface area (Å²) in [6.45, 7) is 3.36. The largest absolute Gasteiger partial charge is 0.381 e. The molecule has 0 atom stereocenters. The van der Waals surface area contributed by atoms with Crippen LogP contribution in [0, 0.1) is 5.92 Å². The van der Waals surface area contributed by atoms with Crippen molar-refractivity contribution in [1.82, 2.24) is 0 Å². The number of rotatable bonds is 4. The van der Waals surface area contributed by atoms with E-state index >= 15 is 0 Å². The van der Waals surface area contributed by atoms with E-state index in [4.69, 9.17) is 9.47 Å². The number of hydrogen-bond acceptors (Lipinski definition) is 2. The highest BCUT2D eigenvalue weighted by molar-refractivity contribution is 9.10. The first-order chi connectivity index (χ1) is 7.84. The van der Waals surface area contributed by atoms with Gasteiger partial charge < -0.3 is 9.47 Å². The maximum Gasteiger partial charge on any atom is 0.0717 e. The van der Waals surface area contributed by atoms with Crippen LogP contribution in [-0.4, -0.2) is 19.8 Å². The van der Waals surface area contributed by atoms with Crippen molar-refractivity contribution < 1.29 is 9.47 Å². The van der Waals surface area contributed by atoms with E-state index in [0.717, 1.165) is 37.1 Å². The molecule has 0 saturated carbocycles. The fourth-order valence-corrected chi connectivity index (χ4v) is 2.10. The molecule has 0 unspecified atom stereocenters. The summed E-state index contributed by atoms with van der Waals surface area (Å²) in [6.07, 6.45) is 2.28. The van der Waals surface area contributed by atoms with Crippen molar-refractivity contribution in [2.75, 3.05) is 19.8 Å². The third-order valence-corrected chi connectivity index (χ3v) is 3.41. The van der Waals surface area contributed by atoms with Crippen LogP contribution in [-0.2, 0) is 16.1 Å². The van der Waals surface area contributed by atoms with Gasteiger partial charge in [0, 0.05) is 17.7 Å². The molecule has 1 aliphatic rings. The van der Waals surface area contributed by atoms with E-state index in [1.807, 2.05) is 12.1 Å². The summed E-state index contributed by atoms with van der Waals surface area (Å²) in [7, 11) is 0. The minimum absolute atomic E-state index is 0.684. The van der Waals surface area contributed by atoms with Gasteiger partial charge in [0.15, 0.2) is 0 Å². The quantitative estimate of drug-likeness (QED) is 0.844. The van der Waals surface area contributed by atoms with Crippen LogP contribution in [0.15, 0.2) is 28.7 Å². The third kappa shape index (κ3) is 3.89. The van der Waals surface area contributed by atoms with Crippen molar-refractivity contribution in [3.8, 4) is 0 Å². The first-order valence-corrected chi connectivity index (χ1v) is 6.54. The molecule has 0 aliphatic carbocycles. The lowest BCUT2D eigenvalue weighted by Crippen LogP contribution is -2.20. The number of hydrogen-bond donors (Lipinski definition) is 0. The molecule has 1 fully saturated rings. The highest BCUT2D eigenvalue weighted by atomic mass is 79.9. The van der Waals surface area contributed by atoms with Crippen molar-refractivity contribution in [3.63, 3.8) is 0 Å². The molecule has 1 heterocycles. The highest BCUT2D eigenvalue weighted by Gasteiger charge is 2.13. The number of ether oxygens (including phenoxy) is 2. The summed E-state index contributed by atoms with van der Waals surface area (Å²) in [5.74, 6) is 0.684. The lowest BCUT2D eigenvalue weighted by Gasteiger charge is -2.21. The number of benzene rings is 1. The standard InChI is InChI=1S/C13H17BrO2/c14-13-3-1-11(2-4-13)9-16-10-12-5-7-15-8-6-12/h1-4,12H,5-10H2. The van der Waals surface area contributed by atoms with Crippen LogP contribution < -0.4 is 0 Å². The van der Waals surface area contributed by atoms with Crippen LogP contribution >= 0.6 is 15.9 Å². The van der Waals surface area contributed by atoms with Crippen LogP contribution in [0.5, 0.6) is 0 Å². The molecule has 1 saturated heterocycles. The van der Waals surface area contributed by atoms with Gasteiger partial charge in [0.05, 0.1) is 13.2 Å². The summed E-state index contributed by atoms with van der Waals surface area (Å²) in [5, 5.41) is 0. The van der Waals surface area contributed by atoms with Crippen LogP contribution in [0.4, 0.5) is 0 Å². The molecular formula is C13H17BrO2. The van der Waals surface area contributed by atoms with Gasteiger partial charge in [0.25, 0.3) is 0 Å². The minimum atomic E-state index is 0.684. The van der Waals surface area contributed by atoms with Crippen molar-refractivity contribution in [3.05, 3.63) is 34.3 Å². The molecular weight excluding hydrogens is 268 g/mol. The Balaban J connectivity index is 1.69. The Morgan fingerprint density at radius 3 is 2.56 bits per heavy atom. The first kappa shape index (κ1) is 12.1. The summed E-state index contributed by atoms with van der Waals surface area (Å²) in [4.78, 5) is 0. The Labute approximate surface area is 105 Å². The van der Waals surface area contributed by atoms with Crippen molar-refractivity contribution in [2.45, 2.75) is 19.4 Å². The molecule has 0 N–H and O–H groups in total. The van der Waals surface area contributed by atoms with Gasteiger partial charge in [-0.25, -0.2) is 0 Å². The second-order valence-corrected chi connectivity index (χ2v) is 5.11. The molecule has 0 aromatic heterocycles. The van der Waals surface area contributed by atoms with Gasteiger partial charge in [0.2, 0.25) is 0 Å². The lowest BCUT2D eigenvalue weighted by atomic mass is 10.0. The third-order valence-electron chi connectivity index (χ3n) is 2.88. The Kier molecular flexibility index (Phi) is 4.82. The van der Waals surface area contributed by atoms with Gasteiger partial charge in [-0.1, -0.05) is 28.1 Å². The van der Waals surface area contributed by atoms with Gasteiger partial charge in [-0.3, -0.25) is 0 Å². The van der Waals surface area contributed by atoms with Gasteiger partial charge in [-0.15, -0.1) is 0 Å². The molecule has 0 amide bonds. The summed E-state index contributed by atoms with van der Waals surface area (Å²) < 4.78 is 12.2. The predicted octanol–water partition coefficient (Wildman–Crippen LogP) is 3.39. The molecule has 0 spiro atoms. The molecule has 3 heteroatoms. The fraction of sp³-hybridized carbons (Fsp3) is 0.538. The molecule has 0 bridgehead atoms. The van der Waals surface area contributed by atoms with Gasteiger partial charge in [-0.05, 0) is 36.5 Å². The Morgan fingerprint density at radius 1 is 1.19 bits per heavy atom.